The molecule has 0 aliphatic rings. The summed E-state index contributed by atoms with van der Waals surface area (Å²) in [6.07, 6.45) is 0. The summed E-state index contributed by atoms with van der Waals surface area (Å²) in [5.41, 5.74) is 9.82. The van der Waals surface area contributed by atoms with E-state index in [2.05, 4.69) is 64.1 Å². The van der Waals surface area contributed by atoms with Crippen LogP contribution in [0.1, 0.15) is 50.7 Å². The summed E-state index contributed by atoms with van der Waals surface area (Å²) in [5.74, 6) is 0.896. The molecule has 0 unspecified atom stereocenters. The Morgan fingerprint density at radius 2 is 1.30 bits per heavy atom. The van der Waals surface area contributed by atoms with Crippen molar-refractivity contribution >= 4 is 17.4 Å². The first-order chi connectivity index (χ1) is 9.49. The summed E-state index contributed by atoms with van der Waals surface area (Å²) < 4.78 is 0. The van der Waals surface area contributed by atoms with Gasteiger partial charge >= 0.3 is 0 Å². The van der Waals surface area contributed by atoms with Gasteiger partial charge in [0.05, 0.1) is 0 Å². The molecular weight excluding hydrogens is 262 g/mol. The molecule has 0 aliphatic carbocycles. The molecule has 1 nitrogen and oxygen atoms in total. The van der Waals surface area contributed by atoms with Gasteiger partial charge in [-0.15, -0.1) is 0 Å². The quantitative estimate of drug-likeness (QED) is 0.733. The molecule has 0 atom stereocenters. The van der Waals surface area contributed by atoms with Crippen LogP contribution in [0, 0.1) is 0 Å². The smallest absolute Gasteiger partial charge is 0.0385 e. The summed E-state index contributed by atoms with van der Waals surface area (Å²) in [6, 6.07) is 15.0. The molecule has 2 heteroatoms. The van der Waals surface area contributed by atoms with Crippen LogP contribution in [0.5, 0.6) is 0 Å². The molecule has 0 radical (unpaired) electrons. The van der Waals surface area contributed by atoms with Crippen LogP contribution in [0.2, 0.25) is 0 Å². The highest BCUT2D eigenvalue weighted by Gasteiger charge is 2.13. The van der Waals surface area contributed by atoms with Gasteiger partial charge in [0, 0.05) is 15.5 Å². The van der Waals surface area contributed by atoms with Gasteiger partial charge in [0.15, 0.2) is 0 Å². The summed E-state index contributed by atoms with van der Waals surface area (Å²) >= 11 is 1.80. The van der Waals surface area contributed by atoms with Gasteiger partial charge in [0.1, 0.15) is 0 Å². The monoisotopic (exact) mass is 285 g/mol. The van der Waals surface area contributed by atoms with Crippen molar-refractivity contribution in [2.45, 2.75) is 49.3 Å². The van der Waals surface area contributed by atoms with Gasteiger partial charge in [-0.1, -0.05) is 57.7 Å². The fraction of sp³-hybridized carbons (Fsp3) is 0.333. The summed E-state index contributed by atoms with van der Waals surface area (Å²) in [6.45, 7) is 8.80. The Bertz CT molecular complexity index is 544. The summed E-state index contributed by atoms with van der Waals surface area (Å²) in [7, 11) is 0. The van der Waals surface area contributed by atoms with E-state index in [-0.39, 0.29) is 0 Å². The zero-order valence-corrected chi connectivity index (χ0v) is 13.5. The molecule has 0 heterocycles. The molecule has 0 aliphatic heterocycles. The lowest BCUT2D eigenvalue weighted by Gasteiger charge is -2.18. The molecule has 0 aromatic heterocycles. The van der Waals surface area contributed by atoms with E-state index >= 15 is 0 Å². The predicted molar refractivity (Wildman–Crippen MR) is 89.6 cm³/mol. The second-order valence-electron chi connectivity index (χ2n) is 5.74. The van der Waals surface area contributed by atoms with Crippen LogP contribution in [0.15, 0.2) is 52.3 Å². The number of nitrogen functional groups attached to an aromatic ring is 1. The highest BCUT2D eigenvalue weighted by Crippen LogP contribution is 2.37. The van der Waals surface area contributed by atoms with E-state index in [9.17, 15) is 0 Å². The molecule has 0 amide bonds. The lowest BCUT2D eigenvalue weighted by atomic mass is 9.93. The van der Waals surface area contributed by atoms with E-state index in [0.29, 0.717) is 11.8 Å². The number of rotatable bonds is 4. The predicted octanol–water partition coefficient (Wildman–Crippen LogP) is 5.67. The van der Waals surface area contributed by atoms with Crippen LogP contribution in [0.25, 0.3) is 0 Å². The van der Waals surface area contributed by atoms with Crippen molar-refractivity contribution in [3.8, 4) is 0 Å². The Labute approximate surface area is 126 Å². The molecular formula is C18H23NS. The largest absolute Gasteiger partial charge is 0.398 e. The number of hydrogen-bond acceptors (Lipinski definition) is 2. The summed E-state index contributed by atoms with van der Waals surface area (Å²) in [4.78, 5) is 2.54. The van der Waals surface area contributed by atoms with Crippen LogP contribution in [0.4, 0.5) is 5.69 Å². The zero-order valence-electron chi connectivity index (χ0n) is 12.7. The third kappa shape index (κ3) is 3.37. The lowest BCUT2D eigenvalue weighted by Crippen LogP contribution is -2.03. The van der Waals surface area contributed by atoms with Gasteiger partial charge in [0.25, 0.3) is 0 Å². The van der Waals surface area contributed by atoms with Gasteiger partial charge in [-0.3, -0.25) is 0 Å². The Balaban J connectivity index is 2.43. The highest BCUT2D eigenvalue weighted by molar-refractivity contribution is 7.99. The Hall–Kier alpha value is -1.41. The van der Waals surface area contributed by atoms with Crippen molar-refractivity contribution in [3.63, 3.8) is 0 Å². The Morgan fingerprint density at radius 3 is 1.75 bits per heavy atom. The molecule has 2 aromatic carbocycles. The Kier molecular flexibility index (Phi) is 4.77. The average Bonchev–Trinajstić information content (AvgIpc) is 2.41. The zero-order chi connectivity index (χ0) is 14.7. The van der Waals surface area contributed by atoms with Crippen molar-refractivity contribution < 1.29 is 0 Å². The van der Waals surface area contributed by atoms with Gasteiger partial charge in [0.2, 0.25) is 0 Å². The number of hydrogen-bond donors (Lipinski definition) is 1. The molecule has 2 rings (SSSR count). The molecule has 0 fully saturated rings. The van der Waals surface area contributed by atoms with Crippen LogP contribution < -0.4 is 5.73 Å². The second kappa shape index (κ2) is 6.36. The highest BCUT2D eigenvalue weighted by atomic mass is 32.2. The normalized spacial score (nSPS) is 11.3. The maximum atomic E-state index is 6.34. The van der Waals surface area contributed by atoms with Gasteiger partial charge < -0.3 is 5.73 Å². The van der Waals surface area contributed by atoms with Gasteiger partial charge in [-0.2, -0.15) is 0 Å². The first-order valence-corrected chi connectivity index (χ1v) is 7.97. The van der Waals surface area contributed by atoms with E-state index in [4.69, 9.17) is 5.73 Å². The van der Waals surface area contributed by atoms with Crippen molar-refractivity contribution in [2.24, 2.45) is 0 Å². The van der Waals surface area contributed by atoms with Crippen LogP contribution in [-0.2, 0) is 0 Å². The fourth-order valence-corrected chi connectivity index (χ4v) is 3.25. The first-order valence-electron chi connectivity index (χ1n) is 7.15. The van der Waals surface area contributed by atoms with Crippen molar-refractivity contribution in [1.82, 2.24) is 0 Å². The topological polar surface area (TPSA) is 26.0 Å². The average molecular weight is 285 g/mol. The molecule has 0 bridgehead atoms. The van der Waals surface area contributed by atoms with Gasteiger partial charge in [-0.25, -0.2) is 0 Å². The molecule has 0 saturated carbocycles. The van der Waals surface area contributed by atoms with Gasteiger partial charge in [-0.05, 0) is 47.2 Å². The SMILES string of the molecule is CC(C)c1cc(Sc2ccccc2)cc(C(C)C)c1N. The van der Waals surface area contributed by atoms with Crippen LogP contribution in [0.3, 0.4) is 0 Å². The molecule has 20 heavy (non-hydrogen) atoms. The van der Waals surface area contributed by atoms with Crippen LogP contribution >= 0.6 is 11.8 Å². The molecule has 0 saturated heterocycles. The van der Waals surface area contributed by atoms with E-state index in [1.54, 1.807) is 11.8 Å². The lowest BCUT2D eigenvalue weighted by molar-refractivity contribution is 0.832. The molecule has 106 valence electrons. The third-order valence-corrected chi connectivity index (χ3v) is 4.42. The van der Waals surface area contributed by atoms with Crippen molar-refractivity contribution in [2.75, 3.05) is 5.73 Å². The third-order valence-electron chi connectivity index (χ3n) is 3.44. The van der Waals surface area contributed by atoms with Crippen molar-refractivity contribution in [1.29, 1.82) is 0 Å². The molecule has 0 spiro atoms. The minimum Gasteiger partial charge on any atom is -0.398 e. The minimum absolute atomic E-state index is 0.448. The number of nitrogens with two attached hydrogens (primary N) is 1. The standard InChI is InChI=1S/C18H23NS/c1-12(2)16-10-15(11-17(13(3)4)18(16)19)20-14-8-6-5-7-9-14/h5-13H,19H2,1-4H3. The number of benzene rings is 2. The van der Waals surface area contributed by atoms with Crippen LogP contribution in [-0.4, -0.2) is 0 Å². The maximum Gasteiger partial charge on any atom is 0.0385 e. The maximum absolute atomic E-state index is 6.34. The molecule has 2 aromatic rings. The second-order valence-corrected chi connectivity index (χ2v) is 6.89. The summed E-state index contributed by atoms with van der Waals surface area (Å²) in [5, 5.41) is 0. The van der Waals surface area contributed by atoms with Crippen molar-refractivity contribution in [3.05, 3.63) is 53.6 Å². The van der Waals surface area contributed by atoms with E-state index in [1.165, 1.54) is 20.9 Å². The van der Waals surface area contributed by atoms with E-state index in [1.807, 2.05) is 6.07 Å². The van der Waals surface area contributed by atoms with E-state index in [0.717, 1.165) is 5.69 Å². The fourth-order valence-electron chi connectivity index (χ4n) is 2.31. The van der Waals surface area contributed by atoms with E-state index < -0.39 is 0 Å². The molecule has 2 N–H and O–H groups in total. The Morgan fingerprint density at radius 1 is 0.800 bits per heavy atom. The number of anilines is 1. The minimum atomic E-state index is 0.448. The first kappa shape index (κ1) is 15.0.